The molecular weight excluding hydrogens is 359 g/mol. The SMILES string of the molecule is O=[N+]([O-])c1c(Br)cc(C(F)(F)F)cc1CBr. The molecule has 0 N–H and O–H groups in total. The van der Waals surface area contributed by atoms with Gasteiger partial charge in [0.15, 0.2) is 0 Å². The molecule has 1 rings (SSSR count). The minimum Gasteiger partial charge on any atom is -0.258 e. The Balaban J connectivity index is 3.44. The number of hydrogen-bond acceptors (Lipinski definition) is 2. The molecule has 0 fully saturated rings. The average molecular weight is 363 g/mol. The van der Waals surface area contributed by atoms with Gasteiger partial charge in [-0.05, 0) is 28.1 Å². The van der Waals surface area contributed by atoms with Gasteiger partial charge in [0.05, 0.1) is 15.0 Å². The van der Waals surface area contributed by atoms with E-state index in [9.17, 15) is 23.3 Å². The first-order chi connectivity index (χ1) is 7.27. The highest BCUT2D eigenvalue weighted by Gasteiger charge is 2.33. The molecule has 0 aromatic heterocycles. The molecule has 1 aromatic rings. The molecule has 0 amide bonds. The number of hydrogen-bond donors (Lipinski definition) is 0. The Bertz CT molecular complexity index is 434. The van der Waals surface area contributed by atoms with Crippen molar-refractivity contribution in [1.29, 1.82) is 0 Å². The lowest BCUT2D eigenvalue weighted by atomic mass is 10.1. The maximum Gasteiger partial charge on any atom is 0.416 e. The predicted octanol–water partition coefficient (Wildman–Crippen LogP) is 4.27. The van der Waals surface area contributed by atoms with Crippen LogP contribution in [0.2, 0.25) is 0 Å². The van der Waals surface area contributed by atoms with Gasteiger partial charge in [0.25, 0.3) is 5.69 Å². The van der Waals surface area contributed by atoms with Crippen LogP contribution < -0.4 is 0 Å². The zero-order valence-corrected chi connectivity index (χ0v) is 10.7. The molecule has 0 heterocycles. The summed E-state index contributed by atoms with van der Waals surface area (Å²) < 4.78 is 37.1. The van der Waals surface area contributed by atoms with Crippen molar-refractivity contribution in [3.8, 4) is 0 Å². The minimum absolute atomic E-state index is 0.0216. The number of halogens is 5. The lowest BCUT2D eigenvalue weighted by molar-refractivity contribution is -0.386. The summed E-state index contributed by atoms with van der Waals surface area (Å²) in [5.41, 5.74) is -1.30. The Labute approximate surface area is 105 Å². The van der Waals surface area contributed by atoms with E-state index in [1.54, 1.807) is 0 Å². The number of nitro benzene ring substituents is 1. The Morgan fingerprint density at radius 3 is 2.31 bits per heavy atom. The van der Waals surface area contributed by atoms with Gasteiger partial charge in [-0.3, -0.25) is 10.1 Å². The minimum atomic E-state index is -4.52. The first-order valence-corrected chi connectivity index (χ1v) is 5.78. The lowest BCUT2D eigenvalue weighted by Crippen LogP contribution is -2.07. The van der Waals surface area contributed by atoms with E-state index in [0.29, 0.717) is 6.07 Å². The molecule has 0 spiro atoms. The van der Waals surface area contributed by atoms with Gasteiger partial charge in [0.1, 0.15) is 0 Å². The van der Waals surface area contributed by atoms with E-state index in [1.165, 1.54) is 0 Å². The molecule has 0 bridgehead atoms. The van der Waals surface area contributed by atoms with E-state index in [-0.39, 0.29) is 21.1 Å². The molecule has 0 aliphatic rings. The van der Waals surface area contributed by atoms with E-state index in [0.717, 1.165) is 6.07 Å². The molecule has 88 valence electrons. The summed E-state index contributed by atoms with van der Waals surface area (Å²) in [4.78, 5) is 9.91. The summed E-state index contributed by atoms with van der Waals surface area (Å²) in [5.74, 6) is 0. The average Bonchev–Trinajstić information content (AvgIpc) is 2.14. The van der Waals surface area contributed by atoms with Gasteiger partial charge in [-0.15, -0.1) is 0 Å². The quantitative estimate of drug-likeness (QED) is 0.448. The zero-order valence-electron chi connectivity index (χ0n) is 7.52. The highest BCUT2D eigenvalue weighted by Crippen LogP contribution is 2.38. The van der Waals surface area contributed by atoms with Crippen molar-refractivity contribution in [3.63, 3.8) is 0 Å². The van der Waals surface area contributed by atoms with Crippen molar-refractivity contribution in [2.24, 2.45) is 0 Å². The third-order valence-electron chi connectivity index (χ3n) is 1.80. The third-order valence-corrected chi connectivity index (χ3v) is 3.00. The van der Waals surface area contributed by atoms with E-state index in [1.807, 2.05) is 0 Å². The summed E-state index contributed by atoms with van der Waals surface area (Å²) in [6.07, 6.45) is -4.52. The highest BCUT2D eigenvalue weighted by atomic mass is 79.9. The van der Waals surface area contributed by atoms with Crippen LogP contribution in [0, 0.1) is 10.1 Å². The standard InChI is InChI=1S/C8H4Br2F3NO2/c9-3-4-1-5(8(11,12)13)2-6(10)7(4)14(15)16/h1-2H,3H2. The van der Waals surface area contributed by atoms with Crippen LogP contribution in [0.4, 0.5) is 18.9 Å². The van der Waals surface area contributed by atoms with Gasteiger partial charge in [0, 0.05) is 10.9 Å². The number of nitro groups is 1. The number of alkyl halides is 4. The largest absolute Gasteiger partial charge is 0.416 e. The van der Waals surface area contributed by atoms with Crippen LogP contribution in [0.25, 0.3) is 0 Å². The van der Waals surface area contributed by atoms with Gasteiger partial charge in [0.2, 0.25) is 0 Å². The normalized spacial score (nSPS) is 11.6. The molecule has 3 nitrogen and oxygen atoms in total. The molecule has 0 aliphatic carbocycles. The molecule has 0 saturated carbocycles. The maximum absolute atomic E-state index is 12.4. The summed E-state index contributed by atoms with van der Waals surface area (Å²) in [6, 6.07) is 1.46. The predicted molar refractivity (Wildman–Crippen MR) is 58.4 cm³/mol. The summed E-state index contributed by atoms with van der Waals surface area (Å²) in [5, 5.41) is 10.6. The molecule has 0 atom stereocenters. The van der Waals surface area contributed by atoms with Gasteiger partial charge in [-0.1, -0.05) is 15.9 Å². The Kier molecular flexibility index (Phi) is 3.95. The topological polar surface area (TPSA) is 43.1 Å². The maximum atomic E-state index is 12.4. The van der Waals surface area contributed by atoms with Gasteiger partial charge in [-0.2, -0.15) is 13.2 Å². The lowest BCUT2D eigenvalue weighted by Gasteiger charge is -2.09. The second-order valence-electron chi connectivity index (χ2n) is 2.85. The highest BCUT2D eigenvalue weighted by molar-refractivity contribution is 9.10. The van der Waals surface area contributed by atoms with Crippen molar-refractivity contribution in [2.45, 2.75) is 11.5 Å². The van der Waals surface area contributed by atoms with Crippen molar-refractivity contribution >= 4 is 37.5 Å². The molecule has 16 heavy (non-hydrogen) atoms. The van der Waals surface area contributed by atoms with E-state index < -0.39 is 16.7 Å². The first-order valence-electron chi connectivity index (χ1n) is 3.87. The third kappa shape index (κ3) is 2.73. The summed E-state index contributed by atoms with van der Waals surface area (Å²) in [6.45, 7) is 0. The fourth-order valence-electron chi connectivity index (χ4n) is 1.13. The van der Waals surface area contributed by atoms with Crippen LogP contribution in [0.1, 0.15) is 11.1 Å². The number of rotatable bonds is 2. The Hall–Kier alpha value is -0.630. The van der Waals surface area contributed by atoms with Gasteiger partial charge < -0.3 is 0 Å². The van der Waals surface area contributed by atoms with E-state index in [2.05, 4.69) is 31.9 Å². The number of benzene rings is 1. The van der Waals surface area contributed by atoms with Crippen molar-refractivity contribution in [1.82, 2.24) is 0 Å². The van der Waals surface area contributed by atoms with Crippen LogP contribution >= 0.6 is 31.9 Å². The van der Waals surface area contributed by atoms with Crippen molar-refractivity contribution in [3.05, 3.63) is 37.8 Å². The van der Waals surface area contributed by atoms with Crippen LogP contribution in [-0.2, 0) is 11.5 Å². The summed E-state index contributed by atoms with van der Waals surface area (Å²) in [7, 11) is 0. The smallest absolute Gasteiger partial charge is 0.258 e. The monoisotopic (exact) mass is 361 g/mol. The van der Waals surface area contributed by atoms with Crippen LogP contribution in [0.15, 0.2) is 16.6 Å². The van der Waals surface area contributed by atoms with E-state index >= 15 is 0 Å². The first kappa shape index (κ1) is 13.4. The zero-order chi connectivity index (χ0) is 12.5. The molecule has 1 aromatic carbocycles. The van der Waals surface area contributed by atoms with E-state index in [4.69, 9.17) is 0 Å². The molecule has 0 unspecified atom stereocenters. The molecule has 0 aliphatic heterocycles. The van der Waals surface area contributed by atoms with Gasteiger partial charge >= 0.3 is 6.18 Å². The molecular formula is C8H4Br2F3NO2. The molecule has 8 heteroatoms. The fraction of sp³-hybridized carbons (Fsp3) is 0.250. The number of nitrogens with zero attached hydrogens (tertiary/aromatic N) is 1. The van der Waals surface area contributed by atoms with Crippen LogP contribution in [0.3, 0.4) is 0 Å². The Morgan fingerprint density at radius 1 is 1.38 bits per heavy atom. The Morgan fingerprint density at radius 2 is 1.94 bits per heavy atom. The van der Waals surface area contributed by atoms with Crippen LogP contribution in [-0.4, -0.2) is 4.92 Å². The summed E-state index contributed by atoms with van der Waals surface area (Å²) >= 11 is 5.69. The van der Waals surface area contributed by atoms with Gasteiger partial charge in [-0.25, -0.2) is 0 Å². The fourth-order valence-corrected chi connectivity index (χ4v) is 2.20. The van der Waals surface area contributed by atoms with Crippen molar-refractivity contribution < 1.29 is 18.1 Å². The molecule has 0 radical (unpaired) electrons. The molecule has 0 saturated heterocycles. The van der Waals surface area contributed by atoms with Crippen LogP contribution in [0.5, 0.6) is 0 Å². The second-order valence-corrected chi connectivity index (χ2v) is 4.27. The second kappa shape index (κ2) is 4.70. The van der Waals surface area contributed by atoms with Crippen molar-refractivity contribution in [2.75, 3.05) is 0 Å².